The van der Waals surface area contributed by atoms with Crippen LogP contribution in [0.25, 0.3) is 0 Å². The third kappa shape index (κ3) is 3.37. The molecule has 2 rings (SSSR count). The van der Waals surface area contributed by atoms with E-state index in [1.54, 1.807) is 18.2 Å². The topological polar surface area (TPSA) is 76.4 Å². The number of amides is 1. The predicted molar refractivity (Wildman–Crippen MR) is 75.2 cm³/mol. The van der Waals surface area contributed by atoms with Gasteiger partial charge in [0.25, 0.3) is 5.91 Å². The molecule has 1 saturated heterocycles. The predicted octanol–water partition coefficient (Wildman–Crippen LogP) is 1.92. The lowest BCUT2D eigenvalue weighted by Gasteiger charge is -2.34. The van der Waals surface area contributed by atoms with Gasteiger partial charge in [-0.3, -0.25) is 10.6 Å². The van der Waals surface area contributed by atoms with Crippen LogP contribution in [0.2, 0.25) is 5.02 Å². The smallest absolute Gasteiger partial charge is 0.253 e. The molecule has 0 spiro atoms. The third-order valence-electron chi connectivity index (χ3n) is 3.39. The molecule has 1 amide bonds. The normalized spacial score (nSPS) is 17.8. The summed E-state index contributed by atoms with van der Waals surface area (Å²) in [5, 5.41) is 3.54. The number of halogens is 1. The van der Waals surface area contributed by atoms with Gasteiger partial charge in [-0.15, -0.1) is 0 Å². The molecule has 19 heavy (non-hydrogen) atoms. The van der Waals surface area contributed by atoms with Crippen molar-refractivity contribution in [1.82, 2.24) is 5.32 Å². The second kappa shape index (κ2) is 5.77. The highest BCUT2D eigenvalue weighted by Gasteiger charge is 2.29. The summed E-state index contributed by atoms with van der Waals surface area (Å²) in [6.45, 7) is 3.34. The quantitative estimate of drug-likeness (QED) is 0.585. The van der Waals surface area contributed by atoms with E-state index in [0.717, 1.165) is 12.8 Å². The summed E-state index contributed by atoms with van der Waals surface area (Å²) in [6.07, 6.45) is 1.59. The van der Waals surface area contributed by atoms with E-state index in [1.165, 1.54) is 0 Å². The van der Waals surface area contributed by atoms with Gasteiger partial charge in [-0.1, -0.05) is 11.6 Å². The Balaban J connectivity index is 2.17. The van der Waals surface area contributed by atoms with E-state index in [4.69, 9.17) is 22.2 Å². The van der Waals surface area contributed by atoms with Crippen LogP contribution in [0, 0.1) is 0 Å². The number of nitrogens with two attached hydrogens (primary N) is 1. The third-order valence-corrected chi connectivity index (χ3v) is 3.63. The number of nitrogens with one attached hydrogen (secondary N) is 2. The van der Waals surface area contributed by atoms with Crippen LogP contribution in [0.15, 0.2) is 18.2 Å². The number of hydrogen-bond donors (Lipinski definition) is 3. The second-order valence-corrected chi connectivity index (χ2v) is 5.40. The van der Waals surface area contributed by atoms with Gasteiger partial charge in [-0.25, -0.2) is 0 Å². The van der Waals surface area contributed by atoms with Crippen molar-refractivity contribution in [1.29, 1.82) is 0 Å². The van der Waals surface area contributed by atoms with Crippen molar-refractivity contribution < 1.29 is 9.53 Å². The summed E-state index contributed by atoms with van der Waals surface area (Å²) in [5.74, 6) is 5.23. The van der Waals surface area contributed by atoms with E-state index < -0.39 is 0 Å². The first-order valence-electron chi connectivity index (χ1n) is 6.20. The molecule has 1 fully saturated rings. The first-order chi connectivity index (χ1) is 9.04. The van der Waals surface area contributed by atoms with Crippen molar-refractivity contribution in [2.24, 2.45) is 5.84 Å². The van der Waals surface area contributed by atoms with Crippen LogP contribution < -0.4 is 16.6 Å². The van der Waals surface area contributed by atoms with E-state index in [9.17, 15) is 4.79 Å². The number of rotatable bonds is 3. The Kier molecular flexibility index (Phi) is 4.29. The summed E-state index contributed by atoms with van der Waals surface area (Å²) in [7, 11) is 0. The average molecular weight is 284 g/mol. The fourth-order valence-corrected chi connectivity index (χ4v) is 2.29. The van der Waals surface area contributed by atoms with Gasteiger partial charge in [0.1, 0.15) is 0 Å². The van der Waals surface area contributed by atoms with E-state index in [-0.39, 0.29) is 11.4 Å². The van der Waals surface area contributed by atoms with Gasteiger partial charge in [0, 0.05) is 23.8 Å². The van der Waals surface area contributed by atoms with E-state index in [2.05, 4.69) is 10.7 Å². The Labute approximate surface area is 117 Å². The lowest BCUT2D eigenvalue weighted by atomic mass is 9.92. The Morgan fingerprint density at radius 3 is 2.74 bits per heavy atom. The molecule has 0 bridgehead atoms. The zero-order chi connectivity index (χ0) is 13.9. The molecule has 1 aromatic carbocycles. The maximum atomic E-state index is 12.3. The van der Waals surface area contributed by atoms with Crippen molar-refractivity contribution in [2.75, 3.05) is 18.6 Å². The van der Waals surface area contributed by atoms with Crippen LogP contribution >= 0.6 is 11.6 Å². The summed E-state index contributed by atoms with van der Waals surface area (Å²) in [6, 6.07) is 4.97. The molecule has 0 unspecified atom stereocenters. The molecule has 0 radical (unpaired) electrons. The van der Waals surface area contributed by atoms with E-state index in [0.29, 0.717) is 29.5 Å². The minimum atomic E-state index is -0.247. The summed E-state index contributed by atoms with van der Waals surface area (Å²) >= 11 is 5.93. The number of benzene rings is 1. The van der Waals surface area contributed by atoms with Crippen LogP contribution in [-0.2, 0) is 4.74 Å². The van der Waals surface area contributed by atoms with Crippen LogP contribution in [0.1, 0.15) is 30.1 Å². The SMILES string of the molecule is CC1(NC(=O)c2cc(Cl)ccc2NN)CCOCC1. The number of anilines is 1. The van der Waals surface area contributed by atoms with Crippen molar-refractivity contribution in [3.63, 3.8) is 0 Å². The molecular weight excluding hydrogens is 266 g/mol. The van der Waals surface area contributed by atoms with Crippen LogP contribution in [0.5, 0.6) is 0 Å². The molecule has 104 valence electrons. The van der Waals surface area contributed by atoms with Crippen molar-refractivity contribution in [3.8, 4) is 0 Å². The Bertz CT molecular complexity index is 473. The molecule has 0 aliphatic carbocycles. The number of carbonyl (C=O) groups excluding carboxylic acids is 1. The summed E-state index contributed by atoms with van der Waals surface area (Å²) < 4.78 is 5.31. The largest absolute Gasteiger partial charge is 0.381 e. The summed E-state index contributed by atoms with van der Waals surface area (Å²) in [5.41, 5.74) is 3.26. The fraction of sp³-hybridized carbons (Fsp3) is 0.462. The highest BCUT2D eigenvalue weighted by atomic mass is 35.5. The molecule has 1 heterocycles. The number of ether oxygens (including phenoxy) is 1. The molecule has 1 aromatic rings. The highest BCUT2D eigenvalue weighted by molar-refractivity contribution is 6.31. The van der Waals surface area contributed by atoms with Gasteiger partial charge < -0.3 is 15.5 Å². The highest BCUT2D eigenvalue weighted by Crippen LogP contribution is 2.24. The number of hydrogen-bond acceptors (Lipinski definition) is 4. The lowest BCUT2D eigenvalue weighted by Crippen LogP contribution is -2.49. The maximum Gasteiger partial charge on any atom is 0.253 e. The number of hydrazine groups is 1. The average Bonchev–Trinajstić information content (AvgIpc) is 2.39. The molecule has 4 N–H and O–H groups in total. The molecular formula is C13H18ClN3O2. The minimum Gasteiger partial charge on any atom is -0.381 e. The molecule has 0 atom stereocenters. The van der Waals surface area contributed by atoms with Gasteiger partial charge >= 0.3 is 0 Å². The Morgan fingerprint density at radius 2 is 2.11 bits per heavy atom. The molecule has 0 aromatic heterocycles. The van der Waals surface area contributed by atoms with Crippen molar-refractivity contribution in [2.45, 2.75) is 25.3 Å². The zero-order valence-corrected chi connectivity index (χ0v) is 11.6. The van der Waals surface area contributed by atoms with Crippen LogP contribution in [0.4, 0.5) is 5.69 Å². The first-order valence-corrected chi connectivity index (χ1v) is 6.58. The first kappa shape index (κ1) is 14.1. The molecule has 5 nitrogen and oxygen atoms in total. The van der Waals surface area contributed by atoms with Crippen molar-refractivity contribution in [3.05, 3.63) is 28.8 Å². The van der Waals surface area contributed by atoms with E-state index in [1.807, 2.05) is 6.92 Å². The summed E-state index contributed by atoms with van der Waals surface area (Å²) in [4.78, 5) is 12.3. The molecule has 0 saturated carbocycles. The Hall–Kier alpha value is -1.30. The maximum absolute atomic E-state index is 12.3. The molecule has 1 aliphatic heterocycles. The molecule has 6 heteroatoms. The van der Waals surface area contributed by atoms with Gasteiger partial charge in [-0.05, 0) is 38.0 Å². The van der Waals surface area contributed by atoms with Gasteiger partial charge in [-0.2, -0.15) is 0 Å². The van der Waals surface area contributed by atoms with E-state index >= 15 is 0 Å². The number of carbonyl (C=O) groups is 1. The Morgan fingerprint density at radius 1 is 1.42 bits per heavy atom. The standard InChI is InChI=1S/C13H18ClN3O2/c1-13(4-6-19-7-5-13)16-12(18)10-8-9(14)2-3-11(10)17-15/h2-3,8,17H,4-7,15H2,1H3,(H,16,18). The minimum absolute atomic E-state index is 0.181. The van der Waals surface area contributed by atoms with Gasteiger partial charge in [0.2, 0.25) is 0 Å². The number of nitrogen functional groups attached to an aromatic ring is 1. The zero-order valence-electron chi connectivity index (χ0n) is 10.8. The second-order valence-electron chi connectivity index (χ2n) is 4.96. The van der Waals surface area contributed by atoms with Gasteiger partial charge in [0.15, 0.2) is 0 Å². The van der Waals surface area contributed by atoms with Crippen molar-refractivity contribution >= 4 is 23.2 Å². The van der Waals surface area contributed by atoms with Crippen LogP contribution in [-0.4, -0.2) is 24.7 Å². The monoisotopic (exact) mass is 283 g/mol. The van der Waals surface area contributed by atoms with Gasteiger partial charge in [0.05, 0.1) is 11.3 Å². The molecule has 1 aliphatic rings. The fourth-order valence-electron chi connectivity index (χ4n) is 2.12. The van der Waals surface area contributed by atoms with Crippen LogP contribution in [0.3, 0.4) is 0 Å². The lowest BCUT2D eigenvalue weighted by molar-refractivity contribution is 0.0423.